The highest BCUT2D eigenvalue weighted by molar-refractivity contribution is 5.77. The molecule has 3 atom stereocenters. The van der Waals surface area contributed by atoms with E-state index in [0.717, 1.165) is 25.2 Å². The van der Waals surface area contributed by atoms with E-state index in [1.807, 2.05) is 36.0 Å². The number of nitrogens with one attached hydrogen (secondary N) is 1. The van der Waals surface area contributed by atoms with Gasteiger partial charge in [-0.1, -0.05) is 0 Å². The van der Waals surface area contributed by atoms with Gasteiger partial charge in [0.05, 0.1) is 17.2 Å². The van der Waals surface area contributed by atoms with Crippen LogP contribution in [0.4, 0.5) is 0 Å². The van der Waals surface area contributed by atoms with Crippen molar-refractivity contribution in [3.8, 4) is 0 Å². The number of ether oxygens (including phenoxy) is 1. The predicted octanol–water partition coefficient (Wildman–Crippen LogP) is 2.27. The third kappa shape index (κ3) is 3.60. The highest BCUT2D eigenvalue weighted by Crippen LogP contribution is 2.39. The second-order valence-electron chi connectivity index (χ2n) is 8.77. The maximum Gasteiger partial charge on any atom is 0.222 e. The van der Waals surface area contributed by atoms with Crippen LogP contribution < -0.4 is 5.32 Å². The molecule has 2 saturated heterocycles. The Bertz CT molecular complexity index is 637. The van der Waals surface area contributed by atoms with Gasteiger partial charge in [0.2, 0.25) is 5.91 Å². The minimum Gasteiger partial charge on any atom is -0.368 e. The van der Waals surface area contributed by atoms with Crippen LogP contribution in [0.1, 0.15) is 58.8 Å². The van der Waals surface area contributed by atoms with Crippen LogP contribution in [0.25, 0.3) is 0 Å². The summed E-state index contributed by atoms with van der Waals surface area (Å²) in [4.78, 5) is 18.6. The Morgan fingerprint density at radius 2 is 2.04 bits per heavy atom. The molecule has 0 bridgehead atoms. The van der Waals surface area contributed by atoms with E-state index in [2.05, 4.69) is 38.0 Å². The second kappa shape index (κ2) is 6.40. The van der Waals surface area contributed by atoms with Crippen LogP contribution in [0.15, 0.2) is 12.4 Å². The summed E-state index contributed by atoms with van der Waals surface area (Å²) in [5.41, 5.74) is -0.280. The zero-order valence-corrected chi connectivity index (χ0v) is 16.4. The number of carbonyl (C=O) groups excluding carboxylic acids is 1. The Kier molecular flexibility index (Phi) is 4.71. The van der Waals surface area contributed by atoms with Crippen molar-refractivity contribution in [1.82, 2.24) is 19.8 Å². The normalized spacial score (nSPS) is 31.5. The molecular weight excluding hydrogens is 316 g/mol. The van der Waals surface area contributed by atoms with Crippen LogP contribution in [-0.2, 0) is 16.6 Å². The Labute approximate surface area is 150 Å². The van der Waals surface area contributed by atoms with E-state index in [0.29, 0.717) is 18.4 Å². The van der Waals surface area contributed by atoms with Gasteiger partial charge in [-0.05, 0) is 46.5 Å². The summed E-state index contributed by atoms with van der Waals surface area (Å²) in [5.74, 6) is 1.52. The van der Waals surface area contributed by atoms with Gasteiger partial charge in [-0.2, -0.15) is 0 Å². The molecule has 6 nitrogen and oxygen atoms in total. The number of aryl methyl sites for hydroxylation is 1. The number of likely N-dealkylation sites (tertiary alicyclic amines) is 1. The number of rotatable bonds is 4. The van der Waals surface area contributed by atoms with E-state index >= 15 is 0 Å². The van der Waals surface area contributed by atoms with Gasteiger partial charge in [0.25, 0.3) is 0 Å². The smallest absolute Gasteiger partial charge is 0.222 e. The van der Waals surface area contributed by atoms with E-state index < -0.39 is 0 Å². The molecule has 3 heterocycles. The molecule has 2 fully saturated rings. The molecule has 2 aliphatic heterocycles. The van der Waals surface area contributed by atoms with Crippen LogP contribution in [-0.4, -0.2) is 51.2 Å². The van der Waals surface area contributed by atoms with E-state index in [1.54, 1.807) is 0 Å². The Morgan fingerprint density at radius 1 is 1.32 bits per heavy atom. The Morgan fingerprint density at radius 3 is 2.60 bits per heavy atom. The van der Waals surface area contributed by atoms with Gasteiger partial charge >= 0.3 is 0 Å². The molecule has 3 rings (SSSR count). The fourth-order valence-electron chi connectivity index (χ4n) is 4.55. The highest BCUT2D eigenvalue weighted by atomic mass is 16.5. The summed E-state index contributed by atoms with van der Waals surface area (Å²) in [7, 11) is 3.90. The molecule has 6 heteroatoms. The predicted molar refractivity (Wildman–Crippen MR) is 97.1 cm³/mol. The van der Waals surface area contributed by atoms with Gasteiger partial charge in [-0.3, -0.25) is 4.79 Å². The number of aromatic nitrogens is 2. The molecule has 0 spiro atoms. The van der Waals surface area contributed by atoms with E-state index in [-0.39, 0.29) is 23.2 Å². The first-order valence-electron chi connectivity index (χ1n) is 9.27. The molecule has 0 saturated carbocycles. The largest absolute Gasteiger partial charge is 0.368 e. The summed E-state index contributed by atoms with van der Waals surface area (Å²) >= 11 is 0. The van der Waals surface area contributed by atoms with Crippen molar-refractivity contribution in [2.75, 3.05) is 13.6 Å². The molecule has 1 unspecified atom stereocenters. The van der Waals surface area contributed by atoms with Crippen LogP contribution in [0.3, 0.4) is 0 Å². The topological polar surface area (TPSA) is 59.4 Å². The van der Waals surface area contributed by atoms with Crippen molar-refractivity contribution in [3.63, 3.8) is 0 Å². The van der Waals surface area contributed by atoms with E-state index in [9.17, 15) is 4.79 Å². The minimum absolute atomic E-state index is 0.0205. The zero-order chi connectivity index (χ0) is 18.4. The van der Waals surface area contributed by atoms with Crippen molar-refractivity contribution < 1.29 is 9.53 Å². The SMILES string of the molecule is CN1C(=O)CC[C@H](CNC2CC(C)(C)OC2(C)C)[C@H]1c1nccn1C. The number of hydrogen-bond donors (Lipinski definition) is 1. The maximum atomic E-state index is 12.3. The maximum absolute atomic E-state index is 12.3. The molecule has 1 N–H and O–H groups in total. The first-order chi connectivity index (χ1) is 11.6. The molecule has 2 aliphatic rings. The first-order valence-corrected chi connectivity index (χ1v) is 9.27. The standard InChI is InChI=1S/C19H32N4O2/c1-18(2)11-14(19(3,4)25-18)21-12-13-7-8-15(24)23(6)16(13)17-20-9-10-22(17)5/h9-10,13-14,16,21H,7-8,11-12H2,1-6H3/t13-,14?,16+/m1/s1. The lowest BCUT2D eigenvalue weighted by atomic mass is 9.87. The molecule has 1 aromatic rings. The van der Waals surface area contributed by atoms with Gasteiger partial charge in [-0.25, -0.2) is 4.98 Å². The van der Waals surface area contributed by atoms with Crippen molar-refractivity contribution in [3.05, 3.63) is 18.2 Å². The van der Waals surface area contributed by atoms with Crippen molar-refractivity contribution in [2.24, 2.45) is 13.0 Å². The number of amides is 1. The van der Waals surface area contributed by atoms with Crippen molar-refractivity contribution in [1.29, 1.82) is 0 Å². The van der Waals surface area contributed by atoms with Crippen LogP contribution in [0, 0.1) is 5.92 Å². The lowest BCUT2D eigenvalue weighted by Gasteiger charge is -2.39. The van der Waals surface area contributed by atoms with Crippen LogP contribution in [0.2, 0.25) is 0 Å². The van der Waals surface area contributed by atoms with Crippen LogP contribution >= 0.6 is 0 Å². The fourth-order valence-corrected chi connectivity index (χ4v) is 4.55. The van der Waals surface area contributed by atoms with E-state index in [4.69, 9.17) is 4.74 Å². The highest BCUT2D eigenvalue weighted by Gasteiger charge is 2.46. The van der Waals surface area contributed by atoms with Gasteiger partial charge < -0.3 is 19.5 Å². The van der Waals surface area contributed by atoms with Crippen molar-refractivity contribution in [2.45, 2.75) is 70.2 Å². The summed E-state index contributed by atoms with van der Waals surface area (Å²) in [6, 6.07) is 0.333. The van der Waals surface area contributed by atoms with Gasteiger partial charge in [-0.15, -0.1) is 0 Å². The first kappa shape index (κ1) is 18.4. The third-order valence-corrected chi connectivity index (χ3v) is 5.81. The van der Waals surface area contributed by atoms with E-state index in [1.165, 1.54) is 0 Å². The third-order valence-electron chi connectivity index (χ3n) is 5.81. The zero-order valence-electron chi connectivity index (χ0n) is 16.4. The molecule has 140 valence electrons. The number of piperidine rings is 1. The monoisotopic (exact) mass is 348 g/mol. The minimum atomic E-state index is -0.182. The number of nitrogens with zero attached hydrogens (tertiary/aromatic N) is 3. The number of hydrogen-bond acceptors (Lipinski definition) is 4. The van der Waals surface area contributed by atoms with Gasteiger partial charge in [0, 0.05) is 45.5 Å². The van der Waals surface area contributed by atoms with Crippen LogP contribution in [0.5, 0.6) is 0 Å². The van der Waals surface area contributed by atoms with Crippen molar-refractivity contribution >= 4 is 5.91 Å². The molecular formula is C19H32N4O2. The molecule has 25 heavy (non-hydrogen) atoms. The Hall–Kier alpha value is -1.40. The molecule has 0 aliphatic carbocycles. The average Bonchev–Trinajstić information content (AvgIpc) is 3.00. The van der Waals surface area contributed by atoms with Gasteiger partial charge in [0.15, 0.2) is 0 Å². The number of carbonyl (C=O) groups is 1. The lowest BCUT2D eigenvalue weighted by molar-refractivity contribution is -0.137. The quantitative estimate of drug-likeness (QED) is 0.907. The number of imidazole rings is 1. The molecule has 0 radical (unpaired) electrons. The van der Waals surface area contributed by atoms with Gasteiger partial charge in [0.1, 0.15) is 5.82 Å². The Balaban J connectivity index is 1.74. The average molecular weight is 348 g/mol. The fraction of sp³-hybridized carbons (Fsp3) is 0.789. The summed E-state index contributed by atoms with van der Waals surface area (Å²) in [6.07, 6.45) is 6.26. The second-order valence-corrected chi connectivity index (χ2v) is 8.77. The summed E-state index contributed by atoms with van der Waals surface area (Å²) < 4.78 is 8.23. The molecule has 1 amide bonds. The molecule has 1 aromatic heterocycles. The summed E-state index contributed by atoms with van der Waals surface area (Å²) in [5, 5.41) is 3.74. The summed E-state index contributed by atoms with van der Waals surface area (Å²) in [6.45, 7) is 9.49. The lowest BCUT2D eigenvalue weighted by Crippen LogP contribution is -2.49. The molecule has 0 aromatic carbocycles.